The molecule has 2 aromatic carbocycles. The lowest BCUT2D eigenvalue weighted by Gasteiger charge is -2.21. The van der Waals surface area contributed by atoms with Crippen LogP contribution in [0, 0.1) is 11.7 Å². The molecule has 0 saturated carbocycles. The van der Waals surface area contributed by atoms with Crippen molar-refractivity contribution in [2.75, 3.05) is 18.4 Å². The number of aromatic nitrogens is 1. The van der Waals surface area contributed by atoms with Gasteiger partial charge in [-0.3, -0.25) is 4.79 Å². The largest absolute Gasteiger partial charge is 0.316 e. The Bertz CT molecular complexity index is 886. The van der Waals surface area contributed by atoms with Crippen LogP contribution in [-0.2, 0) is 4.79 Å². The zero-order valence-corrected chi connectivity index (χ0v) is 13.3. The molecule has 2 N–H and O–H groups in total. The molecule has 0 aliphatic carbocycles. The molecule has 6 heteroatoms. The molecule has 3 aromatic rings. The summed E-state index contributed by atoms with van der Waals surface area (Å²) in [6.45, 7) is 1.70. The average Bonchev–Trinajstić information content (AvgIpc) is 2.98. The molecule has 1 aromatic heterocycles. The minimum absolute atomic E-state index is 0.00148. The van der Waals surface area contributed by atoms with Crippen LogP contribution in [0.5, 0.6) is 0 Å². The Morgan fingerprint density at radius 2 is 2.26 bits per heavy atom. The molecule has 0 spiro atoms. The molecule has 0 radical (unpaired) electrons. The van der Waals surface area contributed by atoms with Crippen molar-refractivity contribution in [1.82, 2.24) is 10.3 Å². The number of thiazole rings is 1. The van der Waals surface area contributed by atoms with Gasteiger partial charge in [0.05, 0.1) is 16.1 Å². The van der Waals surface area contributed by atoms with Gasteiger partial charge >= 0.3 is 0 Å². The number of anilines is 1. The molecule has 4 nitrogen and oxygen atoms in total. The van der Waals surface area contributed by atoms with E-state index in [4.69, 9.17) is 0 Å². The van der Waals surface area contributed by atoms with Gasteiger partial charge < -0.3 is 10.6 Å². The first-order valence-corrected chi connectivity index (χ1v) is 8.53. The molecule has 1 aliphatic heterocycles. The van der Waals surface area contributed by atoms with E-state index in [9.17, 15) is 9.18 Å². The number of halogens is 1. The highest BCUT2D eigenvalue weighted by Gasteiger charge is 2.22. The Morgan fingerprint density at radius 1 is 1.35 bits per heavy atom. The lowest BCUT2D eigenvalue weighted by atomic mass is 9.99. The summed E-state index contributed by atoms with van der Waals surface area (Å²) >= 11 is 1.44. The molecule has 1 fully saturated rings. The van der Waals surface area contributed by atoms with Crippen LogP contribution in [0.3, 0.4) is 0 Å². The number of nitrogens with zero attached hydrogens (tertiary/aromatic N) is 1. The summed E-state index contributed by atoms with van der Waals surface area (Å²) in [5, 5.41) is 8.58. The van der Waals surface area contributed by atoms with Gasteiger partial charge in [-0.15, -0.1) is 0 Å². The highest BCUT2D eigenvalue weighted by molar-refractivity contribution is 7.23. The number of carbonyl (C=O) groups excluding carboxylic acids is 1. The van der Waals surface area contributed by atoms with Crippen LogP contribution < -0.4 is 10.6 Å². The lowest BCUT2D eigenvalue weighted by molar-refractivity contribution is -0.120. The standard InChI is InChI=1S/C17H16FN3OS/c18-12-4-5-13-10(8-12)3-6-14-15(13)23-17(20-14)21-16(22)11-2-1-7-19-9-11/h3-6,8,11,19H,1-2,7,9H2,(H,20,21,22)/t11-/m0/s1. The molecule has 1 amide bonds. The van der Waals surface area contributed by atoms with Crippen LogP contribution in [0.15, 0.2) is 30.3 Å². The molecule has 0 bridgehead atoms. The number of rotatable bonds is 2. The van der Waals surface area contributed by atoms with Crippen LogP contribution in [0.2, 0.25) is 0 Å². The topological polar surface area (TPSA) is 54.0 Å². The molecule has 1 saturated heterocycles. The van der Waals surface area contributed by atoms with E-state index in [0.717, 1.165) is 46.9 Å². The fourth-order valence-corrected chi connectivity index (χ4v) is 4.02. The summed E-state index contributed by atoms with van der Waals surface area (Å²) in [5.41, 5.74) is 0.825. The molecule has 23 heavy (non-hydrogen) atoms. The van der Waals surface area contributed by atoms with Crippen molar-refractivity contribution in [3.05, 3.63) is 36.1 Å². The molecule has 4 rings (SSSR count). The lowest BCUT2D eigenvalue weighted by Crippen LogP contribution is -2.37. The second-order valence-corrected chi connectivity index (χ2v) is 6.83. The number of fused-ring (bicyclic) bond motifs is 3. The van der Waals surface area contributed by atoms with E-state index in [-0.39, 0.29) is 17.6 Å². The van der Waals surface area contributed by atoms with Crippen molar-refractivity contribution in [2.45, 2.75) is 12.8 Å². The molecule has 2 heterocycles. The predicted molar refractivity (Wildman–Crippen MR) is 91.3 cm³/mol. The molecule has 118 valence electrons. The van der Waals surface area contributed by atoms with Gasteiger partial charge in [-0.25, -0.2) is 9.37 Å². The number of carbonyl (C=O) groups is 1. The summed E-state index contributed by atoms with van der Waals surface area (Å²) in [7, 11) is 0. The monoisotopic (exact) mass is 329 g/mol. The first kappa shape index (κ1) is 14.5. The van der Waals surface area contributed by atoms with E-state index in [0.29, 0.717) is 5.13 Å². The third-order valence-electron chi connectivity index (χ3n) is 4.23. The smallest absolute Gasteiger partial charge is 0.230 e. The zero-order valence-electron chi connectivity index (χ0n) is 12.4. The number of hydrogen-bond donors (Lipinski definition) is 2. The first-order chi connectivity index (χ1) is 11.2. The van der Waals surface area contributed by atoms with Crippen molar-refractivity contribution in [3.8, 4) is 0 Å². The molecular weight excluding hydrogens is 313 g/mol. The van der Waals surface area contributed by atoms with Crippen LogP contribution in [-0.4, -0.2) is 24.0 Å². The Hall–Kier alpha value is -2.05. The van der Waals surface area contributed by atoms with Crippen molar-refractivity contribution in [1.29, 1.82) is 0 Å². The Balaban J connectivity index is 1.66. The number of piperidine rings is 1. The normalized spacial score (nSPS) is 18.4. The summed E-state index contributed by atoms with van der Waals surface area (Å²) in [6.07, 6.45) is 1.93. The van der Waals surface area contributed by atoms with Crippen molar-refractivity contribution in [2.24, 2.45) is 5.92 Å². The summed E-state index contributed by atoms with van der Waals surface area (Å²) in [6, 6.07) is 8.46. The Morgan fingerprint density at radius 3 is 3.09 bits per heavy atom. The van der Waals surface area contributed by atoms with Gasteiger partial charge in [0, 0.05) is 11.9 Å². The van der Waals surface area contributed by atoms with E-state index >= 15 is 0 Å². The third kappa shape index (κ3) is 2.80. The fourth-order valence-electron chi connectivity index (χ4n) is 3.02. The minimum atomic E-state index is -0.250. The number of nitrogens with one attached hydrogen (secondary N) is 2. The molecule has 1 atom stereocenters. The summed E-state index contributed by atoms with van der Waals surface area (Å²) in [5.74, 6) is -0.229. The van der Waals surface area contributed by atoms with E-state index in [1.807, 2.05) is 12.1 Å². The minimum Gasteiger partial charge on any atom is -0.316 e. The predicted octanol–water partition coefficient (Wildman–Crippen LogP) is 3.53. The van der Waals surface area contributed by atoms with Crippen LogP contribution in [0.25, 0.3) is 21.0 Å². The van der Waals surface area contributed by atoms with Crippen molar-refractivity contribution < 1.29 is 9.18 Å². The van der Waals surface area contributed by atoms with E-state index in [1.165, 1.54) is 23.5 Å². The SMILES string of the molecule is O=C(Nc1nc2ccc3cc(F)ccc3c2s1)[C@H]1CCCNC1. The molecule has 1 aliphatic rings. The van der Waals surface area contributed by atoms with Gasteiger partial charge in [-0.2, -0.15) is 0 Å². The van der Waals surface area contributed by atoms with Gasteiger partial charge in [0.15, 0.2) is 5.13 Å². The van der Waals surface area contributed by atoms with Gasteiger partial charge in [-0.05, 0) is 49.0 Å². The van der Waals surface area contributed by atoms with Gasteiger partial charge in [0.2, 0.25) is 5.91 Å². The van der Waals surface area contributed by atoms with Crippen molar-refractivity contribution >= 4 is 43.4 Å². The number of hydrogen-bond acceptors (Lipinski definition) is 4. The zero-order chi connectivity index (χ0) is 15.8. The maximum atomic E-state index is 13.3. The second-order valence-electron chi connectivity index (χ2n) is 5.83. The second kappa shape index (κ2) is 5.86. The maximum Gasteiger partial charge on any atom is 0.230 e. The van der Waals surface area contributed by atoms with Gasteiger partial charge in [-0.1, -0.05) is 17.4 Å². The molecule has 0 unspecified atom stereocenters. The highest BCUT2D eigenvalue weighted by atomic mass is 32.1. The Labute approximate surface area is 136 Å². The van der Waals surface area contributed by atoms with Gasteiger partial charge in [0.25, 0.3) is 0 Å². The summed E-state index contributed by atoms with van der Waals surface area (Å²) < 4.78 is 14.3. The fraction of sp³-hybridized carbons (Fsp3) is 0.294. The van der Waals surface area contributed by atoms with Crippen LogP contribution in [0.1, 0.15) is 12.8 Å². The summed E-state index contributed by atoms with van der Waals surface area (Å²) in [4.78, 5) is 16.8. The van der Waals surface area contributed by atoms with Gasteiger partial charge in [0.1, 0.15) is 5.82 Å². The molecular formula is C17H16FN3OS. The number of amides is 1. The van der Waals surface area contributed by atoms with E-state index < -0.39 is 0 Å². The van der Waals surface area contributed by atoms with E-state index in [2.05, 4.69) is 15.6 Å². The van der Waals surface area contributed by atoms with Crippen LogP contribution in [0.4, 0.5) is 9.52 Å². The van der Waals surface area contributed by atoms with Crippen molar-refractivity contribution in [3.63, 3.8) is 0 Å². The third-order valence-corrected chi connectivity index (χ3v) is 5.25. The highest BCUT2D eigenvalue weighted by Crippen LogP contribution is 2.33. The van der Waals surface area contributed by atoms with Crippen LogP contribution >= 0.6 is 11.3 Å². The quantitative estimate of drug-likeness (QED) is 0.756. The first-order valence-electron chi connectivity index (χ1n) is 7.71. The number of benzene rings is 2. The maximum absolute atomic E-state index is 13.3. The average molecular weight is 329 g/mol. The Kier molecular flexibility index (Phi) is 3.71. The van der Waals surface area contributed by atoms with E-state index in [1.54, 1.807) is 6.07 Å².